The second-order valence-electron chi connectivity index (χ2n) is 12.6. The van der Waals surface area contributed by atoms with Gasteiger partial charge in [-0.2, -0.15) is 0 Å². The van der Waals surface area contributed by atoms with Gasteiger partial charge in [0.1, 0.15) is 6.61 Å². The second-order valence-corrected chi connectivity index (χ2v) is 13.9. The van der Waals surface area contributed by atoms with E-state index in [4.69, 9.17) is 19.3 Å². The van der Waals surface area contributed by atoms with Gasteiger partial charge in [0.2, 0.25) is 0 Å². The van der Waals surface area contributed by atoms with Crippen molar-refractivity contribution in [3.8, 4) is 0 Å². The molecule has 0 heterocycles. The first-order chi connectivity index (χ1) is 24.1. The van der Waals surface area contributed by atoms with Gasteiger partial charge >= 0.3 is 19.8 Å². The van der Waals surface area contributed by atoms with Gasteiger partial charge in [0.15, 0.2) is 6.10 Å². The molecule has 0 aromatic heterocycles. The van der Waals surface area contributed by atoms with Crippen molar-refractivity contribution in [3.63, 3.8) is 0 Å². The third-order valence-electron chi connectivity index (χ3n) is 7.90. The maximum atomic E-state index is 12.3. The Bertz CT molecular complexity index is 1070. The molecule has 0 saturated carbocycles. The average Bonchev–Trinajstić information content (AvgIpc) is 3.08. The highest BCUT2D eigenvalue weighted by Gasteiger charge is 2.23. The van der Waals surface area contributed by atoms with E-state index in [0.29, 0.717) is 6.42 Å². The van der Waals surface area contributed by atoms with Crippen LogP contribution in [0.25, 0.3) is 0 Å². The molecule has 2 unspecified atom stereocenters. The number of phosphoric ester groups is 1. The predicted molar refractivity (Wildman–Crippen MR) is 203 cm³/mol. The Hall–Kier alpha value is -2.55. The van der Waals surface area contributed by atoms with Gasteiger partial charge in [-0.25, -0.2) is 4.57 Å². The molecule has 0 aromatic carbocycles. The number of carbonyl (C=O) groups is 2. The van der Waals surface area contributed by atoms with E-state index < -0.39 is 45.2 Å². The first kappa shape index (κ1) is 47.4. The van der Waals surface area contributed by atoms with Crippen LogP contribution < -0.4 is 0 Å². The van der Waals surface area contributed by atoms with E-state index in [1.165, 1.54) is 38.5 Å². The predicted octanol–water partition coefficient (Wildman–Crippen LogP) is 9.95. The molecular weight excluding hydrogens is 655 g/mol. The number of hydrogen-bond acceptors (Lipinski definition) is 7. The van der Waals surface area contributed by atoms with Crippen LogP contribution in [0.2, 0.25) is 0 Å². The van der Waals surface area contributed by atoms with Gasteiger partial charge in [-0.3, -0.25) is 14.1 Å². The van der Waals surface area contributed by atoms with Crippen molar-refractivity contribution < 1.29 is 43.0 Å². The molecule has 0 spiro atoms. The zero-order chi connectivity index (χ0) is 37.1. The normalized spacial score (nSPS) is 14.6. The fourth-order valence-corrected chi connectivity index (χ4v) is 5.05. The number of rotatable bonds is 32. The van der Waals surface area contributed by atoms with Crippen LogP contribution in [0.15, 0.2) is 72.9 Å². The number of carbonyl (C=O) groups excluding carboxylic acids is 2. The van der Waals surface area contributed by atoms with Crippen LogP contribution >= 0.6 is 7.82 Å². The van der Waals surface area contributed by atoms with Gasteiger partial charge in [0.05, 0.1) is 12.7 Å². The summed E-state index contributed by atoms with van der Waals surface area (Å²) in [5.41, 5.74) is 0. The molecular formula is C40H67O9P. The number of unbranched alkanes of at least 4 members (excludes halogenated alkanes) is 7. The molecule has 3 N–H and O–H groups in total. The minimum atomic E-state index is -4.81. The van der Waals surface area contributed by atoms with E-state index in [1.807, 2.05) is 12.2 Å². The maximum Gasteiger partial charge on any atom is 0.469 e. The SMILES string of the molecule is CC/C=C\C/C=C\C/C=C\C/C=C\C/C=C\C=C/C(O)CCC(=O)OC[C@H](COP(=O)(O)O)OC(=O)CCCCCCCCCCC(C)CC. The van der Waals surface area contributed by atoms with Gasteiger partial charge in [0, 0.05) is 12.8 Å². The Balaban J connectivity index is 4.25. The molecule has 0 fully saturated rings. The largest absolute Gasteiger partial charge is 0.469 e. The molecule has 50 heavy (non-hydrogen) atoms. The second kappa shape index (κ2) is 33.6. The topological polar surface area (TPSA) is 140 Å². The average molecular weight is 723 g/mol. The van der Waals surface area contributed by atoms with Crippen molar-refractivity contribution in [1.29, 1.82) is 0 Å². The Morgan fingerprint density at radius 2 is 1.20 bits per heavy atom. The summed E-state index contributed by atoms with van der Waals surface area (Å²) >= 11 is 0. The zero-order valence-corrected chi connectivity index (χ0v) is 31.9. The number of aliphatic hydroxyl groups excluding tert-OH is 1. The molecule has 0 saturated heterocycles. The molecule has 0 radical (unpaired) electrons. The Morgan fingerprint density at radius 1 is 0.660 bits per heavy atom. The van der Waals surface area contributed by atoms with Crippen LogP contribution in [0.4, 0.5) is 0 Å². The van der Waals surface area contributed by atoms with Crippen molar-refractivity contribution in [1.82, 2.24) is 0 Å². The van der Waals surface area contributed by atoms with Crippen LogP contribution in [0.5, 0.6) is 0 Å². The van der Waals surface area contributed by atoms with Crippen molar-refractivity contribution in [3.05, 3.63) is 72.9 Å². The van der Waals surface area contributed by atoms with E-state index in [2.05, 4.69) is 73.9 Å². The summed E-state index contributed by atoms with van der Waals surface area (Å²) in [6.07, 6.45) is 38.2. The van der Waals surface area contributed by atoms with Gasteiger partial charge in [-0.05, 0) is 50.9 Å². The van der Waals surface area contributed by atoms with Gasteiger partial charge < -0.3 is 24.4 Å². The number of esters is 2. The summed E-state index contributed by atoms with van der Waals surface area (Å²) < 4.78 is 26.1. The quantitative estimate of drug-likeness (QED) is 0.0203. The lowest BCUT2D eigenvalue weighted by Gasteiger charge is -2.18. The van der Waals surface area contributed by atoms with Crippen LogP contribution in [0.1, 0.15) is 136 Å². The number of hydrogen-bond donors (Lipinski definition) is 3. The molecule has 3 atom stereocenters. The molecule has 10 heteroatoms. The van der Waals surface area contributed by atoms with E-state index in [1.54, 1.807) is 12.2 Å². The minimum Gasteiger partial charge on any atom is -0.462 e. The zero-order valence-electron chi connectivity index (χ0n) is 31.0. The van der Waals surface area contributed by atoms with Gasteiger partial charge in [0.25, 0.3) is 0 Å². The fraction of sp³-hybridized carbons (Fsp3) is 0.650. The van der Waals surface area contributed by atoms with E-state index in [0.717, 1.165) is 57.3 Å². The molecule has 0 aliphatic carbocycles. The Kier molecular flexibility index (Phi) is 31.9. The van der Waals surface area contributed by atoms with E-state index in [-0.39, 0.29) is 19.3 Å². The molecule has 9 nitrogen and oxygen atoms in total. The third-order valence-corrected chi connectivity index (χ3v) is 8.38. The van der Waals surface area contributed by atoms with Crippen molar-refractivity contribution >= 4 is 19.8 Å². The van der Waals surface area contributed by atoms with Crippen LogP contribution in [-0.2, 0) is 28.2 Å². The van der Waals surface area contributed by atoms with Gasteiger partial charge in [-0.15, -0.1) is 0 Å². The third kappa shape index (κ3) is 35.3. The lowest BCUT2D eigenvalue weighted by atomic mass is 9.99. The molecule has 286 valence electrons. The first-order valence-electron chi connectivity index (χ1n) is 18.7. The first-order valence-corrected chi connectivity index (χ1v) is 20.3. The lowest BCUT2D eigenvalue weighted by molar-refractivity contribution is -0.161. The monoisotopic (exact) mass is 722 g/mol. The highest BCUT2D eigenvalue weighted by atomic mass is 31.2. The smallest absolute Gasteiger partial charge is 0.462 e. The number of phosphoric acid groups is 1. The summed E-state index contributed by atoms with van der Waals surface area (Å²) in [4.78, 5) is 42.7. The highest BCUT2D eigenvalue weighted by molar-refractivity contribution is 7.46. The summed E-state index contributed by atoms with van der Waals surface area (Å²) in [7, 11) is -4.81. The Labute approximate surface area is 302 Å². The van der Waals surface area contributed by atoms with E-state index >= 15 is 0 Å². The number of ether oxygens (including phenoxy) is 2. The Morgan fingerprint density at radius 3 is 1.76 bits per heavy atom. The molecule has 0 aromatic rings. The number of allylic oxidation sites excluding steroid dienone is 11. The summed E-state index contributed by atoms with van der Waals surface area (Å²) in [6.45, 7) is 5.63. The molecule has 0 aliphatic rings. The standard InChI is InChI=1S/C40H67O9P/c1-4-6-7-8-9-10-11-12-13-14-15-16-17-21-24-27-30-37(41)32-33-39(42)47-34-38(35-48-50(44,45)46)49-40(43)31-28-25-22-19-18-20-23-26-29-36(3)5-2/h6-7,9-10,12-13,15-16,21,24,27,30,36-38,41H,4-5,8,11,14,17-20,22-23,25-26,28-29,31-35H2,1-3H3,(H2,44,45,46)/b7-6-,10-9-,13-12-,16-15-,24-21-,30-27-/t36?,37?,38-/m1/s1. The van der Waals surface area contributed by atoms with Gasteiger partial charge in [-0.1, -0.05) is 151 Å². The minimum absolute atomic E-state index is 0.0882. The fourth-order valence-electron chi connectivity index (χ4n) is 4.69. The summed E-state index contributed by atoms with van der Waals surface area (Å²) in [5, 5.41) is 10.2. The maximum absolute atomic E-state index is 12.3. The van der Waals surface area contributed by atoms with Crippen molar-refractivity contribution in [2.75, 3.05) is 13.2 Å². The van der Waals surface area contributed by atoms with Crippen molar-refractivity contribution in [2.45, 2.75) is 149 Å². The number of aliphatic hydroxyl groups is 1. The highest BCUT2D eigenvalue weighted by Crippen LogP contribution is 2.36. The van der Waals surface area contributed by atoms with E-state index in [9.17, 15) is 19.3 Å². The molecule has 0 bridgehead atoms. The molecule has 0 rings (SSSR count). The molecule has 0 amide bonds. The van der Waals surface area contributed by atoms with Crippen LogP contribution in [-0.4, -0.2) is 52.3 Å². The molecule has 0 aliphatic heterocycles. The van der Waals surface area contributed by atoms with Crippen LogP contribution in [0, 0.1) is 5.92 Å². The lowest BCUT2D eigenvalue weighted by Crippen LogP contribution is -2.29. The van der Waals surface area contributed by atoms with Crippen LogP contribution in [0.3, 0.4) is 0 Å². The summed E-state index contributed by atoms with van der Waals surface area (Å²) in [6, 6.07) is 0. The van der Waals surface area contributed by atoms with Crippen molar-refractivity contribution in [2.24, 2.45) is 5.92 Å². The summed E-state index contributed by atoms with van der Waals surface area (Å²) in [5.74, 6) is -0.372.